The molecule has 0 aliphatic carbocycles. The number of nitrogens with zero attached hydrogens (tertiary/aromatic N) is 1. The topological polar surface area (TPSA) is 43.1 Å². The van der Waals surface area contributed by atoms with Crippen molar-refractivity contribution in [1.82, 2.24) is 0 Å². The number of rotatable bonds is 4. The molecule has 14 heavy (non-hydrogen) atoms. The van der Waals surface area contributed by atoms with Crippen molar-refractivity contribution >= 4 is 6.08 Å². The summed E-state index contributed by atoms with van der Waals surface area (Å²) >= 11 is 0. The van der Waals surface area contributed by atoms with Gasteiger partial charge in [0.2, 0.25) is 0 Å². The van der Waals surface area contributed by atoms with Crippen LogP contribution in [0.3, 0.4) is 0 Å². The highest BCUT2D eigenvalue weighted by Crippen LogP contribution is 2.10. The summed E-state index contributed by atoms with van der Waals surface area (Å²) in [6.45, 7) is 3.48. The second kappa shape index (κ2) is 4.97. The molecule has 1 aromatic carbocycles. The molecule has 0 N–H and O–H groups in total. The van der Waals surface area contributed by atoms with Crippen molar-refractivity contribution in [1.29, 1.82) is 0 Å². The van der Waals surface area contributed by atoms with Gasteiger partial charge in [0.05, 0.1) is 11.3 Å². The fourth-order valence-corrected chi connectivity index (χ4v) is 1.08. The molecule has 0 atom stereocenters. The first-order valence-electron chi connectivity index (χ1n) is 4.25. The second-order valence-corrected chi connectivity index (χ2v) is 2.80. The SMILES string of the molecule is C=CC/C(=C/c1ccccc1)[N+](=O)[O-]. The van der Waals surface area contributed by atoms with Gasteiger partial charge in [-0.15, -0.1) is 6.58 Å². The minimum absolute atomic E-state index is 0.159. The lowest BCUT2D eigenvalue weighted by Crippen LogP contribution is -1.96. The summed E-state index contributed by atoms with van der Waals surface area (Å²) in [5.74, 6) is 0. The minimum atomic E-state index is -0.380. The third-order valence-corrected chi connectivity index (χ3v) is 1.72. The lowest BCUT2D eigenvalue weighted by molar-refractivity contribution is -0.425. The molecule has 0 spiro atoms. The minimum Gasteiger partial charge on any atom is -0.259 e. The Morgan fingerprint density at radius 2 is 2.07 bits per heavy atom. The Hall–Kier alpha value is -1.90. The normalized spacial score (nSPS) is 11.0. The molecule has 0 saturated heterocycles. The third kappa shape index (κ3) is 2.86. The summed E-state index contributed by atoms with van der Waals surface area (Å²) in [5.41, 5.74) is 0.993. The zero-order chi connectivity index (χ0) is 10.4. The molecule has 0 radical (unpaired) electrons. The molecule has 0 unspecified atom stereocenters. The predicted molar refractivity (Wildman–Crippen MR) is 56.2 cm³/mol. The highest BCUT2D eigenvalue weighted by atomic mass is 16.6. The highest BCUT2D eigenvalue weighted by molar-refractivity contribution is 5.50. The first-order valence-corrected chi connectivity index (χ1v) is 4.25. The van der Waals surface area contributed by atoms with Gasteiger partial charge in [0.1, 0.15) is 0 Å². The Morgan fingerprint density at radius 1 is 1.43 bits per heavy atom. The predicted octanol–water partition coefficient (Wildman–Crippen LogP) is 2.88. The van der Waals surface area contributed by atoms with Crippen molar-refractivity contribution in [3.8, 4) is 0 Å². The largest absolute Gasteiger partial charge is 0.259 e. The Morgan fingerprint density at radius 3 is 2.57 bits per heavy atom. The van der Waals surface area contributed by atoms with Crippen LogP contribution in [-0.4, -0.2) is 4.92 Å². The molecule has 0 fully saturated rings. The molecule has 0 aliphatic heterocycles. The molecule has 3 heteroatoms. The molecule has 0 saturated carbocycles. The van der Waals surface area contributed by atoms with Gasteiger partial charge in [0.15, 0.2) is 0 Å². The molecule has 0 amide bonds. The van der Waals surface area contributed by atoms with Gasteiger partial charge in [0.25, 0.3) is 5.70 Å². The molecule has 0 aromatic heterocycles. The van der Waals surface area contributed by atoms with Crippen LogP contribution in [0.15, 0.2) is 48.7 Å². The maximum absolute atomic E-state index is 10.6. The first-order chi connectivity index (χ1) is 6.74. The average Bonchev–Trinajstić information content (AvgIpc) is 2.18. The van der Waals surface area contributed by atoms with Crippen molar-refractivity contribution in [3.05, 3.63) is 64.4 Å². The standard InChI is InChI=1S/C11H11NO2/c1-2-6-11(12(13)14)9-10-7-4-3-5-8-10/h2-5,7-9H,1,6H2/b11-9-. The van der Waals surface area contributed by atoms with Crippen molar-refractivity contribution < 1.29 is 4.92 Å². The summed E-state index contributed by atoms with van der Waals surface area (Å²) in [7, 11) is 0. The fraction of sp³-hybridized carbons (Fsp3) is 0.0909. The lowest BCUT2D eigenvalue weighted by atomic mass is 10.1. The molecule has 0 bridgehead atoms. The Balaban J connectivity index is 2.93. The van der Waals surface area contributed by atoms with Gasteiger partial charge in [-0.2, -0.15) is 0 Å². The van der Waals surface area contributed by atoms with E-state index in [9.17, 15) is 10.1 Å². The second-order valence-electron chi connectivity index (χ2n) is 2.80. The molecule has 1 aromatic rings. The van der Waals surface area contributed by atoms with Crippen LogP contribution in [0.2, 0.25) is 0 Å². The summed E-state index contributed by atoms with van der Waals surface area (Å²) in [6, 6.07) is 9.21. The summed E-state index contributed by atoms with van der Waals surface area (Å²) in [4.78, 5) is 10.2. The summed E-state index contributed by atoms with van der Waals surface area (Å²) in [6.07, 6.45) is 3.36. The van der Waals surface area contributed by atoms with E-state index in [0.717, 1.165) is 5.56 Å². The van der Waals surface area contributed by atoms with E-state index >= 15 is 0 Å². The monoisotopic (exact) mass is 189 g/mol. The van der Waals surface area contributed by atoms with E-state index < -0.39 is 0 Å². The van der Waals surface area contributed by atoms with Crippen LogP contribution >= 0.6 is 0 Å². The van der Waals surface area contributed by atoms with E-state index in [1.807, 2.05) is 30.3 Å². The van der Waals surface area contributed by atoms with Gasteiger partial charge >= 0.3 is 0 Å². The molecule has 0 aliphatic rings. The van der Waals surface area contributed by atoms with Gasteiger partial charge in [-0.3, -0.25) is 10.1 Å². The van der Waals surface area contributed by atoms with Crippen LogP contribution in [0.1, 0.15) is 12.0 Å². The fourth-order valence-electron chi connectivity index (χ4n) is 1.08. The Bertz CT molecular complexity index is 355. The number of hydrogen-bond acceptors (Lipinski definition) is 2. The zero-order valence-corrected chi connectivity index (χ0v) is 7.72. The van der Waals surface area contributed by atoms with Crippen LogP contribution < -0.4 is 0 Å². The summed E-state index contributed by atoms with van der Waals surface area (Å²) < 4.78 is 0. The number of allylic oxidation sites excluding steroid dienone is 1. The lowest BCUT2D eigenvalue weighted by Gasteiger charge is -1.94. The van der Waals surface area contributed by atoms with Gasteiger partial charge < -0.3 is 0 Å². The van der Waals surface area contributed by atoms with E-state index in [2.05, 4.69) is 6.58 Å². The number of benzene rings is 1. The maximum atomic E-state index is 10.6. The van der Waals surface area contributed by atoms with Crippen LogP contribution in [-0.2, 0) is 0 Å². The van der Waals surface area contributed by atoms with Crippen LogP contribution in [0, 0.1) is 10.1 Å². The Kier molecular flexibility index (Phi) is 3.61. The van der Waals surface area contributed by atoms with Crippen LogP contribution in [0.5, 0.6) is 0 Å². The van der Waals surface area contributed by atoms with E-state index in [4.69, 9.17) is 0 Å². The van der Waals surface area contributed by atoms with Crippen molar-refractivity contribution in [2.45, 2.75) is 6.42 Å². The van der Waals surface area contributed by atoms with Crippen molar-refractivity contribution in [2.75, 3.05) is 0 Å². The van der Waals surface area contributed by atoms with Crippen molar-refractivity contribution in [3.63, 3.8) is 0 Å². The first kappa shape index (κ1) is 10.2. The summed E-state index contributed by atoms with van der Waals surface area (Å²) in [5, 5.41) is 10.6. The Labute approximate surface area is 82.5 Å². The highest BCUT2D eigenvalue weighted by Gasteiger charge is 2.07. The number of nitro groups is 1. The number of hydrogen-bond donors (Lipinski definition) is 0. The molecule has 72 valence electrons. The average molecular weight is 189 g/mol. The van der Waals surface area contributed by atoms with E-state index in [-0.39, 0.29) is 17.0 Å². The molecular formula is C11H11NO2. The third-order valence-electron chi connectivity index (χ3n) is 1.72. The van der Waals surface area contributed by atoms with E-state index in [1.165, 1.54) is 6.08 Å². The quantitative estimate of drug-likeness (QED) is 0.415. The smallest absolute Gasteiger partial charge is 0.250 e. The van der Waals surface area contributed by atoms with Gasteiger partial charge in [-0.25, -0.2) is 0 Å². The van der Waals surface area contributed by atoms with Gasteiger partial charge in [0, 0.05) is 6.08 Å². The maximum Gasteiger partial charge on any atom is 0.250 e. The van der Waals surface area contributed by atoms with Gasteiger partial charge in [-0.05, 0) is 5.56 Å². The van der Waals surface area contributed by atoms with E-state index in [0.29, 0.717) is 0 Å². The van der Waals surface area contributed by atoms with Crippen molar-refractivity contribution in [2.24, 2.45) is 0 Å². The zero-order valence-electron chi connectivity index (χ0n) is 7.72. The van der Waals surface area contributed by atoms with E-state index in [1.54, 1.807) is 6.08 Å². The van der Waals surface area contributed by atoms with Crippen LogP contribution in [0.25, 0.3) is 6.08 Å². The molecular weight excluding hydrogens is 178 g/mol. The van der Waals surface area contributed by atoms with Crippen LogP contribution in [0.4, 0.5) is 0 Å². The van der Waals surface area contributed by atoms with Gasteiger partial charge in [-0.1, -0.05) is 36.4 Å². The molecule has 0 heterocycles. The molecule has 1 rings (SSSR count). The molecule has 3 nitrogen and oxygen atoms in total.